The zero-order valence-electron chi connectivity index (χ0n) is 18.7. The SMILES string of the molecule is CCCCC1COC(CCCC)(CCCC)OC1(CCCC)CCCC. The maximum Gasteiger partial charge on any atom is 0.169 e. The van der Waals surface area contributed by atoms with E-state index in [1.165, 1.54) is 83.5 Å². The Labute approximate surface area is 164 Å². The summed E-state index contributed by atoms with van der Waals surface area (Å²) in [6.45, 7) is 12.4. The molecule has 2 nitrogen and oxygen atoms in total. The van der Waals surface area contributed by atoms with Crippen molar-refractivity contribution in [3.63, 3.8) is 0 Å². The van der Waals surface area contributed by atoms with Crippen molar-refractivity contribution in [3.05, 3.63) is 0 Å². The molecule has 1 heterocycles. The molecule has 2 heteroatoms. The van der Waals surface area contributed by atoms with Crippen LogP contribution in [0.25, 0.3) is 0 Å². The second kappa shape index (κ2) is 13.2. The summed E-state index contributed by atoms with van der Waals surface area (Å²) in [6, 6.07) is 0. The minimum Gasteiger partial charge on any atom is -0.350 e. The van der Waals surface area contributed by atoms with Gasteiger partial charge in [0.2, 0.25) is 0 Å². The van der Waals surface area contributed by atoms with Gasteiger partial charge in [0.1, 0.15) is 0 Å². The summed E-state index contributed by atoms with van der Waals surface area (Å²) >= 11 is 0. The fourth-order valence-electron chi connectivity index (χ4n) is 4.54. The lowest BCUT2D eigenvalue weighted by atomic mass is 9.75. The first-order valence-electron chi connectivity index (χ1n) is 12.0. The molecule has 0 saturated carbocycles. The van der Waals surface area contributed by atoms with Gasteiger partial charge in [0.15, 0.2) is 5.79 Å². The standard InChI is InChI=1S/C24H48O2/c1-6-11-16-22-21-25-24(19-14-9-4,20-15-10-5)26-23(22,17-12-7-2)18-13-8-3/h22H,6-21H2,1-5H3. The highest BCUT2D eigenvalue weighted by atomic mass is 16.7. The number of unbranched alkanes of at least 4 members (excludes halogenated alkanes) is 5. The van der Waals surface area contributed by atoms with Crippen LogP contribution in [0.5, 0.6) is 0 Å². The molecule has 0 aromatic rings. The van der Waals surface area contributed by atoms with Crippen molar-refractivity contribution in [1.29, 1.82) is 0 Å². The molecule has 1 rings (SSSR count). The monoisotopic (exact) mass is 368 g/mol. The minimum atomic E-state index is -0.309. The summed E-state index contributed by atoms with van der Waals surface area (Å²) in [5, 5.41) is 0. The van der Waals surface area contributed by atoms with E-state index in [0.717, 1.165) is 19.4 Å². The fraction of sp³-hybridized carbons (Fsp3) is 1.00. The van der Waals surface area contributed by atoms with Crippen LogP contribution in [0, 0.1) is 5.92 Å². The van der Waals surface area contributed by atoms with Crippen LogP contribution in [0.3, 0.4) is 0 Å². The molecular formula is C24H48O2. The summed E-state index contributed by atoms with van der Waals surface area (Å²) in [5.41, 5.74) is 0.0565. The van der Waals surface area contributed by atoms with Gasteiger partial charge in [0, 0.05) is 18.8 Å². The van der Waals surface area contributed by atoms with Gasteiger partial charge >= 0.3 is 0 Å². The smallest absolute Gasteiger partial charge is 0.169 e. The Hall–Kier alpha value is -0.0800. The van der Waals surface area contributed by atoms with E-state index >= 15 is 0 Å². The molecule has 0 aromatic heterocycles. The number of rotatable bonds is 15. The highest BCUT2D eigenvalue weighted by Gasteiger charge is 2.50. The molecule has 0 N–H and O–H groups in total. The summed E-state index contributed by atoms with van der Waals surface area (Å²) in [4.78, 5) is 0. The van der Waals surface area contributed by atoms with E-state index in [1.54, 1.807) is 0 Å². The van der Waals surface area contributed by atoms with Crippen molar-refractivity contribution < 1.29 is 9.47 Å². The molecule has 0 aliphatic carbocycles. The van der Waals surface area contributed by atoms with Gasteiger partial charge in [-0.05, 0) is 32.1 Å². The molecule has 0 aromatic carbocycles. The molecule has 1 atom stereocenters. The van der Waals surface area contributed by atoms with E-state index in [9.17, 15) is 0 Å². The van der Waals surface area contributed by atoms with E-state index in [0.29, 0.717) is 5.92 Å². The van der Waals surface area contributed by atoms with Crippen LogP contribution in [0.1, 0.15) is 131 Å². The van der Waals surface area contributed by atoms with Gasteiger partial charge in [-0.2, -0.15) is 0 Å². The first kappa shape index (κ1) is 24.0. The normalized spacial score (nSPS) is 21.8. The van der Waals surface area contributed by atoms with Gasteiger partial charge in [-0.25, -0.2) is 0 Å². The van der Waals surface area contributed by atoms with E-state index < -0.39 is 0 Å². The lowest BCUT2D eigenvalue weighted by Crippen LogP contribution is -2.57. The van der Waals surface area contributed by atoms with Crippen LogP contribution < -0.4 is 0 Å². The first-order valence-corrected chi connectivity index (χ1v) is 12.0. The Kier molecular flexibility index (Phi) is 12.1. The second-order valence-corrected chi connectivity index (χ2v) is 8.64. The molecule has 0 radical (unpaired) electrons. The average molecular weight is 369 g/mol. The van der Waals surface area contributed by atoms with Crippen molar-refractivity contribution in [2.24, 2.45) is 5.92 Å². The molecular weight excluding hydrogens is 320 g/mol. The van der Waals surface area contributed by atoms with Gasteiger partial charge in [-0.3, -0.25) is 0 Å². The Morgan fingerprint density at radius 1 is 0.654 bits per heavy atom. The molecule has 1 fully saturated rings. The largest absolute Gasteiger partial charge is 0.350 e. The summed E-state index contributed by atoms with van der Waals surface area (Å²) < 4.78 is 13.7. The van der Waals surface area contributed by atoms with Crippen molar-refractivity contribution in [1.82, 2.24) is 0 Å². The molecule has 26 heavy (non-hydrogen) atoms. The number of hydrogen-bond donors (Lipinski definition) is 0. The van der Waals surface area contributed by atoms with Crippen molar-refractivity contribution in [2.75, 3.05) is 6.61 Å². The van der Waals surface area contributed by atoms with Crippen molar-refractivity contribution in [2.45, 2.75) is 142 Å². The Balaban J connectivity index is 3.07. The fourth-order valence-corrected chi connectivity index (χ4v) is 4.54. The summed E-state index contributed by atoms with van der Waals surface area (Å²) in [5.74, 6) is 0.271. The van der Waals surface area contributed by atoms with Crippen LogP contribution in [0.2, 0.25) is 0 Å². The lowest BCUT2D eigenvalue weighted by molar-refractivity contribution is -0.358. The van der Waals surface area contributed by atoms with Gasteiger partial charge in [-0.15, -0.1) is 0 Å². The van der Waals surface area contributed by atoms with Crippen LogP contribution in [0.15, 0.2) is 0 Å². The van der Waals surface area contributed by atoms with Crippen LogP contribution in [-0.4, -0.2) is 18.0 Å². The maximum absolute atomic E-state index is 7.16. The topological polar surface area (TPSA) is 18.5 Å². The van der Waals surface area contributed by atoms with E-state index in [2.05, 4.69) is 34.6 Å². The molecule has 0 bridgehead atoms. The highest BCUT2D eigenvalue weighted by Crippen LogP contribution is 2.47. The zero-order chi connectivity index (χ0) is 19.3. The van der Waals surface area contributed by atoms with Crippen LogP contribution >= 0.6 is 0 Å². The van der Waals surface area contributed by atoms with Gasteiger partial charge < -0.3 is 9.47 Å². The van der Waals surface area contributed by atoms with Crippen molar-refractivity contribution in [3.8, 4) is 0 Å². The summed E-state index contributed by atoms with van der Waals surface area (Å²) in [6.07, 6.45) is 18.4. The van der Waals surface area contributed by atoms with Crippen LogP contribution in [-0.2, 0) is 9.47 Å². The number of hydrogen-bond acceptors (Lipinski definition) is 2. The quantitative estimate of drug-likeness (QED) is 0.291. The van der Waals surface area contributed by atoms with Crippen LogP contribution in [0.4, 0.5) is 0 Å². The Morgan fingerprint density at radius 3 is 1.58 bits per heavy atom. The van der Waals surface area contributed by atoms with Crippen molar-refractivity contribution >= 4 is 0 Å². The predicted octanol–water partition coefficient (Wildman–Crippen LogP) is 8.04. The summed E-state index contributed by atoms with van der Waals surface area (Å²) in [7, 11) is 0. The highest BCUT2D eigenvalue weighted by molar-refractivity contribution is 4.95. The molecule has 1 unspecified atom stereocenters. The third-order valence-electron chi connectivity index (χ3n) is 6.32. The third-order valence-corrected chi connectivity index (χ3v) is 6.32. The molecule has 1 saturated heterocycles. The lowest BCUT2D eigenvalue weighted by Gasteiger charge is -2.53. The van der Waals surface area contributed by atoms with E-state index in [-0.39, 0.29) is 11.4 Å². The maximum atomic E-state index is 7.16. The predicted molar refractivity (Wildman–Crippen MR) is 114 cm³/mol. The average Bonchev–Trinajstić information content (AvgIpc) is 2.67. The molecule has 0 spiro atoms. The van der Waals surface area contributed by atoms with Gasteiger partial charge in [0.05, 0.1) is 12.2 Å². The third kappa shape index (κ3) is 7.15. The van der Waals surface area contributed by atoms with Gasteiger partial charge in [0.25, 0.3) is 0 Å². The zero-order valence-corrected chi connectivity index (χ0v) is 18.7. The molecule has 0 amide bonds. The number of ether oxygens (including phenoxy) is 2. The van der Waals surface area contributed by atoms with Gasteiger partial charge in [-0.1, -0.05) is 86.0 Å². The Bertz CT molecular complexity index is 323. The van der Waals surface area contributed by atoms with E-state index in [4.69, 9.17) is 9.47 Å². The molecule has 1 aliphatic rings. The van der Waals surface area contributed by atoms with E-state index in [1.807, 2.05) is 0 Å². The molecule has 156 valence electrons. The Morgan fingerprint density at radius 2 is 1.12 bits per heavy atom. The minimum absolute atomic E-state index is 0.0565. The first-order chi connectivity index (χ1) is 12.6. The second-order valence-electron chi connectivity index (χ2n) is 8.64. The molecule has 1 aliphatic heterocycles.